The van der Waals surface area contributed by atoms with Crippen LogP contribution in [0.15, 0.2) is 109 Å². The van der Waals surface area contributed by atoms with Crippen LogP contribution in [-0.2, 0) is 22.2 Å². The van der Waals surface area contributed by atoms with Crippen molar-refractivity contribution in [2.75, 3.05) is 40.4 Å². The standard InChI is InChI=1S/C42H50N2O5.BrH/c1-5-43(6-2)33(24-30-16-10-7-11-17-30)25-40(46)44-28-36-37(29-44)42(47,35-26-34(48-3)22-23-38(35)49-4)39(45)27-41(36,31-18-12-8-13-19-31)32-20-14-9-15-21-32;/h7-23,26,33,36-37,39,45,47H,5-6,24-25,27-29H2,1-4H3;1H/t33?,36-,37+,39-,42+;/m1./s1. The third-order valence-corrected chi connectivity index (χ3v) is 11.4. The molecule has 266 valence electrons. The van der Waals surface area contributed by atoms with Gasteiger partial charge in [-0.2, -0.15) is 0 Å². The average molecular weight is 744 g/mol. The van der Waals surface area contributed by atoms with E-state index in [0.29, 0.717) is 36.6 Å². The normalized spacial score (nSPS) is 23.1. The van der Waals surface area contributed by atoms with Gasteiger partial charge in [0.15, 0.2) is 0 Å². The van der Waals surface area contributed by atoms with Gasteiger partial charge in [0.05, 0.1) is 20.3 Å². The molecule has 2 aliphatic rings. The number of halogens is 1. The van der Waals surface area contributed by atoms with E-state index in [1.54, 1.807) is 32.4 Å². The van der Waals surface area contributed by atoms with E-state index in [1.807, 2.05) is 59.5 Å². The van der Waals surface area contributed by atoms with Gasteiger partial charge in [-0.05, 0) is 66.7 Å². The summed E-state index contributed by atoms with van der Waals surface area (Å²) >= 11 is 0. The van der Waals surface area contributed by atoms with Crippen molar-refractivity contribution in [1.82, 2.24) is 9.80 Å². The van der Waals surface area contributed by atoms with Gasteiger partial charge >= 0.3 is 0 Å². The molecule has 2 fully saturated rings. The second-order valence-electron chi connectivity index (χ2n) is 13.6. The van der Waals surface area contributed by atoms with Crippen molar-refractivity contribution in [3.63, 3.8) is 0 Å². The molecule has 2 N–H and O–H groups in total. The van der Waals surface area contributed by atoms with Crippen molar-refractivity contribution in [3.8, 4) is 11.5 Å². The van der Waals surface area contributed by atoms with E-state index in [0.717, 1.165) is 30.6 Å². The number of fused-ring (bicyclic) bond motifs is 1. The number of hydrogen-bond donors (Lipinski definition) is 2. The maximum Gasteiger partial charge on any atom is 0.224 e. The fraction of sp³-hybridized carbons (Fsp3) is 0.405. The molecule has 1 aliphatic carbocycles. The number of hydrogen-bond acceptors (Lipinski definition) is 6. The summed E-state index contributed by atoms with van der Waals surface area (Å²) in [6, 6.07) is 36.4. The van der Waals surface area contributed by atoms with Crippen molar-refractivity contribution in [2.24, 2.45) is 11.8 Å². The fourth-order valence-corrected chi connectivity index (χ4v) is 8.91. The summed E-state index contributed by atoms with van der Waals surface area (Å²) in [6.07, 6.45) is 0.225. The van der Waals surface area contributed by atoms with Gasteiger partial charge in [0, 0.05) is 42.4 Å². The number of likely N-dealkylation sites (tertiary alicyclic amines) is 1. The highest BCUT2D eigenvalue weighted by Crippen LogP contribution is 2.60. The maximum atomic E-state index is 14.6. The molecule has 1 saturated heterocycles. The second-order valence-corrected chi connectivity index (χ2v) is 13.6. The minimum absolute atomic E-state index is 0. The third kappa shape index (κ3) is 6.83. The van der Waals surface area contributed by atoms with Crippen LogP contribution in [0, 0.1) is 11.8 Å². The van der Waals surface area contributed by atoms with E-state index < -0.39 is 23.0 Å². The summed E-state index contributed by atoms with van der Waals surface area (Å²) in [4.78, 5) is 18.9. The summed E-state index contributed by atoms with van der Waals surface area (Å²) in [5.74, 6) is 0.369. The summed E-state index contributed by atoms with van der Waals surface area (Å²) in [6.45, 7) is 6.74. The first kappa shape index (κ1) is 37.6. The molecule has 0 radical (unpaired) electrons. The molecule has 1 amide bonds. The van der Waals surface area contributed by atoms with Crippen LogP contribution in [0.25, 0.3) is 0 Å². The Morgan fingerprint density at radius 2 is 1.40 bits per heavy atom. The quantitative estimate of drug-likeness (QED) is 0.170. The Labute approximate surface area is 307 Å². The van der Waals surface area contributed by atoms with Gasteiger partial charge in [0.25, 0.3) is 0 Å². The van der Waals surface area contributed by atoms with Crippen molar-refractivity contribution in [2.45, 2.75) is 56.3 Å². The van der Waals surface area contributed by atoms with Gasteiger partial charge in [-0.3, -0.25) is 4.79 Å². The number of aliphatic hydroxyl groups excluding tert-OH is 1. The number of ether oxygens (including phenoxy) is 2. The minimum Gasteiger partial charge on any atom is -0.497 e. The third-order valence-electron chi connectivity index (χ3n) is 11.4. The lowest BCUT2D eigenvalue weighted by Gasteiger charge is -2.55. The van der Waals surface area contributed by atoms with E-state index in [-0.39, 0.29) is 41.3 Å². The molecule has 1 heterocycles. The lowest BCUT2D eigenvalue weighted by molar-refractivity contribution is -0.168. The number of rotatable bonds is 12. The minimum atomic E-state index is -1.71. The van der Waals surface area contributed by atoms with Gasteiger partial charge in [0.1, 0.15) is 17.1 Å². The number of amides is 1. The van der Waals surface area contributed by atoms with Crippen LogP contribution in [0.4, 0.5) is 0 Å². The molecule has 6 rings (SSSR count). The van der Waals surface area contributed by atoms with Gasteiger partial charge in [-0.1, -0.05) is 105 Å². The van der Waals surface area contributed by atoms with E-state index in [2.05, 4.69) is 55.1 Å². The molecule has 7 nitrogen and oxygen atoms in total. The first-order valence-electron chi connectivity index (χ1n) is 17.6. The molecule has 1 saturated carbocycles. The highest BCUT2D eigenvalue weighted by atomic mass is 79.9. The van der Waals surface area contributed by atoms with Crippen molar-refractivity contribution in [1.29, 1.82) is 0 Å². The molecule has 1 unspecified atom stereocenters. The number of carbonyl (C=O) groups excluding carboxylic acids is 1. The lowest BCUT2D eigenvalue weighted by Crippen LogP contribution is -2.60. The van der Waals surface area contributed by atoms with Gasteiger partial charge in [0.2, 0.25) is 5.91 Å². The first-order chi connectivity index (χ1) is 23.8. The number of likely N-dealkylation sites (N-methyl/N-ethyl adjacent to an activating group) is 1. The van der Waals surface area contributed by atoms with E-state index in [9.17, 15) is 15.0 Å². The predicted molar refractivity (Wildman–Crippen MR) is 203 cm³/mol. The number of aliphatic hydroxyl groups is 2. The van der Waals surface area contributed by atoms with Crippen LogP contribution in [0.1, 0.15) is 48.9 Å². The number of nitrogens with zero attached hydrogens (tertiary/aromatic N) is 2. The number of methoxy groups -OCH3 is 2. The van der Waals surface area contributed by atoms with Crippen LogP contribution in [0.3, 0.4) is 0 Å². The Hall–Kier alpha value is -3.69. The van der Waals surface area contributed by atoms with Crippen LogP contribution >= 0.6 is 17.0 Å². The van der Waals surface area contributed by atoms with Gasteiger partial charge in [-0.15, -0.1) is 17.0 Å². The maximum absolute atomic E-state index is 14.6. The topological polar surface area (TPSA) is 82.5 Å². The fourth-order valence-electron chi connectivity index (χ4n) is 8.91. The highest BCUT2D eigenvalue weighted by molar-refractivity contribution is 8.93. The van der Waals surface area contributed by atoms with Crippen LogP contribution in [-0.4, -0.2) is 78.5 Å². The van der Waals surface area contributed by atoms with Crippen LogP contribution in [0.2, 0.25) is 0 Å². The summed E-state index contributed by atoms with van der Waals surface area (Å²) < 4.78 is 11.4. The molecule has 0 spiro atoms. The van der Waals surface area contributed by atoms with Crippen molar-refractivity contribution < 1.29 is 24.5 Å². The van der Waals surface area contributed by atoms with E-state index in [1.165, 1.54) is 5.56 Å². The Bertz CT molecular complexity index is 1650. The number of carbonyl (C=O) groups is 1. The Balaban J connectivity index is 0.00000486. The molecule has 4 aromatic carbocycles. The Morgan fingerprint density at radius 3 is 1.94 bits per heavy atom. The van der Waals surface area contributed by atoms with Gasteiger partial charge < -0.3 is 29.5 Å². The highest BCUT2D eigenvalue weighted by Gasteiger charge is 2.65. The molecular weight excluding hydrogens is 692 g/mol. The summed E-state index contributed by atoms with van der Waals surface area (Å²) in [5.41, 5.74) is 1.43. The molecule has 50 heavy (non-hydrogen) atoms. The zero-order valence-electron chi connectivity index (χ0n) is 29.6. The zero-order chi connectivity index (χ0) is 34.6. The van der Waals surface area contributed by atoms with Crippen molar-refractivity contribution >= 4 is 22.9 Å². The largest absolute Gasteiger partial charge is 0.497 e. The van der Waals surface area contributed by atoms with Gasteiger partial charge in [-0.25, -0.2) is 0 Å². The summed E-state index contributed by atoms with van der Waals surface area (Å²) in [7, 11) is 3.16. The smallest absolute Gasteiger partial charge is 0.224 e. The number of benzene rings is 4. The zero-order valence-corrected chi connectivity index (χ0v) is 31.3. The predicted octanol–water partition coefficient (Wildman–Crippen LogP) is 6.64. The molecule has 8 heteroatoms. The molecular formula is C42H51BrN2O5. The Morgan fingerprint density at radius 1 is 0.840 bits per heavy atom. The van der Waals surface area contributed by atoms with Crippen LogP contribution < -0.4 is 9.47 Å². The SMILES string of the molecule is Br.CCN(CC)C(CC(=O)N1C[C@@H]2[C@H](C1)[C@@](O)(c1cc(OC)ccc1OC)[C@H](O)CC2(c1ccccc1)c1ccccc1)Cc1ccccc1. The van der Waals surface area contributed by atoms with E-state index >= 15 is 0 Å². The van der Waals surface area contributed by atoms with E-state index in [4.69, 9.17) is 9.47 Å². The monoisotopic (exact) mass is 742 g/mol. The van der Waals surface area contributed by atoms with Crippen LogP contribution in [0.5, 0.6) is 11.5 Å². The Kier molecular flexibility index (Phi) is 12.1. The molecule has 0 aromatic heterocycles. The first-order valence-corrected chi connectivity index (χ1v) is 17.6. The average Bonchev–Trinajstić information content (AvgIpc) is 3.62. The lowest BCUT2D eigenvalue weighted by atomic mass is 9.51. The second kappa shape index (κ2) is 16.1. The molecule has 4 aromatic rings. The molecule has 1 aliphatic heterocycles. The molecule has 0 bridgehead atoms. The van der Waals surface area contributed by atoms with Crippen molar-refractivity contribution in [3.05, 3.63) is 131 Å². The summed E-state index contributed by atoms with van der Waals surface area (Å²) in [5, 5.41) is 25.4. The molecule has 5 atom stereocenters.